The van der Waals surface area contributed by atoms with Crippen LogP contribution in [-0.2, 0) is 11.3 Å². The van der Waals surface area contributed by atoms with Crippen LogP contribution >= 0.6 is 12.4 Å². The Kier molecular flexibility index (Phi) is 5.40. The second-order valence-electron chi connectivity index (χ2n) is 4.90. The SMILES string of the molecule is CC1(N)COCCN(Cc2ccccc2)C1.Cl. The van der Waals surface area contributed by atoms with Crippen LogP contribution in [0.15, 0.2) is 30.3 Å². The molecule has 0 radical (unpaired) electrons. The van der Waals surface area contributed by atoms with Gasteiger partial charge < -0.3 is 10.5 Å². The molecular formula is C13H21ClN2O. The van der Waals surface area contributed by atoms with Crippen LogP contribution in [-0.4, -0.2) is 36.7 Å². The predicted octanol–water partition coefficient (Wildman–Crippen LogP) is 1.66. The van der Waals surface area contributed by atoms with Gasteiger partial charge >= 0.3 is 0 Å². The number of nitrogens with two attached hydrogens (primary N) is 1. The molecule has 0 aromatic heterocycles. The van der Waals surface area contributed by atoms with E-state index in [-0.39, 0.29) is 17.9 Å². The summed E-state index contributed by atoms with van der Waals surface area (Å²) in [5, 5.41) is 0. The van der Waals surface area contributed by atoms with Crippen molar-refractivity contribution >= 4 is 12.4 Å². The smallest absolute Gasteiger partial charge is 0.0656 e. The van der Waals surface area contributed by atoms with Crippen molar-refractivity contribution in [3.05, 3.63) is 35.9 Å². The van der Waals surface area contributed by atoms with Gasteiger partial charge in [-0.2, -0.15) is 0 Å². The van der Waals surface area contributed by atoms with Crippen LogP contribution in [0.5, 0.6) is 0 Å². The lowest BCUT2D eigenvalue weighted by Crippen LogP contribution is -2.49. The van der Waals surface area contributed by atoms with Crippen molar-refractivity contribution in [1.29, 1.82) is 0 Å². The first-order valence-corrected chi connectivity index (χ1v) is 5.79. The maximum atomic E-state index is 6.16. The van der Waals surface area contributed by atoms with E-state index in [0.717, 1.165) is 26.2 Å². The van der Waals surface area contributed by atoms with Gasteiger partial charge in [-0.05, 0) is 12.5 Å². The third kappa shape index (κ3) is 4.64. The average Bonchev–Trinajstić information content (AvgIpc) is 2.40. The van der Waals surface area contributed by atoms with Gasteiger partial charge in [0.05, 0.1) is 13.2 Å². The zero-order chi connectivity index (χ0) is 11.4. The van der Waals surface area contributed by atoms with E-state index in [1.54, 1.807) is 0 Å². The molecule has 96 valence electrons. The molecule has 0 amide bonds. The minimum absolute atomic E-state index is 0. The Labute approximate surface area is 109 Å². The Morgan fingerprint density at radius 3 is 2.76 bits per heavy atom. The number of hydrogen-bond acceptors (Lipinski definition) is 3. The summed E-state index contributed by atoms with van der Waals surface area (Å²) < 4.78 is 5.51. The normalized spacial score (nSPS) is 26.0. The van der Waals surface area contributed by atoms with E-state index in [2.05, 4.69) is 36.1 Å². The van der Waals surface area contributed by atoms with Gasteiger partial charge in [-0.3, -0.25) is 4.90 Å². The zero-order valence-corrected chi connectivity index (χ0v) is 11.1. The fourth-order valence-electron chi connectivity index (χ4n) is 2.11. The molecule has 0 bridgehead atoms. The Morgan fingerprint density at radius 1 is 1.35 bits per heavy atom. The summed E-state index contributed by atoms with van der Waals surface area (Å²) in [5.74, 6) is 0. The molecule has 0 aliphatic carbocycles. The molecule has 17 heavy (non-hydrogen) atoms. The predicted molar refractivity (Wildman–Crippen MR) is 72.4 cm³/mol. The van der Waals surface area contributed by atoms with Crippen molar-refractivity contribution in [2.45, 2.75) is 19.0 Å². The lowest BCUT2D eigenvalue weighted by atomic mass is 10.0. The first kappa shape index (κ1) is 14.5. The fraction of sp³-hybridized carbons (Fsp3) is 0.538. The maximum Gasteiger partial charge on any atom is 0.0656 e. The summed E-state index contributed by atoms with van der Waals surface area (Å²) in [4.78, 5) is 2.36. The summed E-state index contributed by atoms with van der Waals surface area (Å²) in [6.07, 6.45) is 0. The number of nitrogens with zero attached hydrogens (tertiary/aromatic N) is 1. The quantitative estimate of drug-likeness (QED) is 0.875. The second kappa shape index (κ2) is 6.36. The first-order chi connectivity index (χ1) is 7.66. The Balaban J connectivity index is 0.00000144. The lowest BCUT2D eigenvalue weighted by molar-refractivity contribution is 0.115. The van der Waals surface area contributed by atoms with Crippen LogP contribution in [0.3, 0.4) is 0 Å². The van der Waals surface area contributed by atoms with Crippen molar-refractivity contribution in [3.63, 3.8) is 0 Å². The van der Waals surface area contributed by atoms with Crippen molar-refractivity contribution in [2.24, 2.45) is 5.73 Å². The molecule has 2 rings (SSSR count). The lowest BCUT2D eigenvalue weighted by Gasteiger charge is -2.28. The molecule has 1 aromatic carbocycles. The van der Waals surface area contributed by atoms with E-state index < -0.39 is 0 Å². The van der Waals surface area contributed by atoms with Crippen LogP contribution in [0.4, 0.5) is 0 Å². The summed E-state index contributed by atoms with van der Waals surface area (Å²) in [6.45, 7) is 6.29. The van der Waals surface area contributed by atoms with Gasteiger partial charge in [-0.25, -0.2) is 0 Å². The third-order valence-electron chi connectivity index (χ3n) is 2.82. The summed E-state index contributed by atoms with van der Waals surface area (Å²) in [5.41, 5.74) is 7.26. The van der Waals surface area contributed by atoms with E-state index in [1.807, 2.05) is 6.07 Å². The number of halogens is 1. The Hall–Kier alpha value is -0.610. The molecule has 1 aromatic rings. The highest BCUT2D eigenvalue weighted by molar-refractivity contribution is 5.85. The first-order valence-electron chi connectivity index (χ1n) is 5.79. The van der Waals surface area contributed by atoms with Crippen LogP contribution < -0.4 is 5.73 Å². The fourth-order valence-corrected chi connectivity index (χ4v) is 2.11. The van der Waals surface area contributed by atoms with Gasteiger partial charge in [0.1, 0.15) is 0 Å². The standard InChI is InChI=1S/C13H20N2O.ClH/c1-13(14)10-15(7-8-16-11-13)9-12-5-3-2-4-6-12;/h2-6H,7-11,14H2,1H3;1H. The highest BCUT2D eigenvalue weighted by atomic mass is 35.5. The van der Waals surface area contributed by atoms with E-state index in [4.69, 9.17) is 10.5 Å². The van der Waals surface area contributed by atoms with E-state index >= 15 is 0 Å². The minimum Gasteiger partial charge on any atom is -0.378 e. The Morgan fingerprint density at radius 2 is 2.06 bits per heavy atom. The van der Waals surface area contributed by atoms with Gasteiger partial charge in [0.15, 0.2) is 0 Å². The highest BCUT2D eigenvalue weighted by Gasteiger charge is 2.25. The van der Waals surface area contributed by atoms with Gasteiger partial charge in [0.2, 0.25) is 0 Å². The van der Waals surface area contributed by atoms with E-state index in [0.29, 0.717) is 6.61 Å². The zero-order valence-electron chi connectivity index (χ0n) is 10.3. The van der Waals surface area contributed by atoms with Crippen molar-refractivity contribution in [1.82, 2.24) is 4.90 Å². The molecule has 1 aliphatic heterocycles. The molecule has 1 atom stereocenters. The Bertz CT molecular complexity index is 329. The van der Waals surface area contributed by atoms with Crippen LogP contribution in [0, 0.1) is 0 Å². The van der Waals surface area contributed by atoms with Gasteiger partial charge in [0, 0.05) is 25.2 Å². The van der Waals surface area contributed by atoms with E-state index in [1.165, 1.54) is 5.56 Å². The third-order valence-corrected chi connectivity index (χ3v) is 2.82. The molecule has 0 spiro atoms. The largest absolute Gasteiger partial charge is 0.378 e. The molecule has 0 saturated carbocycles. The molecule has 1 saturated heterocycles. The highest BCUT2D eigenvalue weighted by Crippen LogP contribution is 2.12. The van der Waals surface area contributed by atoms with Crippen LogP contribution in [0.1, 0.15) is 12.5 Å². The molecule has 1 heterocycles. The topological polar surface area (TPSA) is 38.5 Å². The summed E-state index contributed by atoms with van der Waals surface area (Å²) in [6, 6.07) is 10.5. The molecule has 1 unspecified atom stereocenters. The molecule has 3 nitrogen and oxygen atoms in total. The maximum absolute atomic E-state index is 6.16. The van der Waals surface area contributed by atoms with Gasteiger partial charge in [0.25, 0.3) is 0 Å². The molecule has 1 aliphatic rings. The molecular weight excluding hydrogens is 236 g/mol. The molecule has 4 heteroatoms. The molecule has 1 fully saturated rings. The van der Waals surface area contributed by atoms with Crippen LogP contribution in [0.25, 0.3) is 0 Å². The number of benzene rings is 1. The molecule has 2 N–H and O–H groups in total. The van der Waals surface area contributed by atoms with Gasteiger partial charge in [-0.1, -0.05) is 30.3 Å². The van der Waals surface area contributed by atoms with Crippen LogP contribution in [0.2, 0.25) is 0 Å². The van der Waals surface area contributed by atoms with Crippen molar-refractivity contribution in [2.75, 3.05) is 26.3 Å². The summed E-state index contributed by atoms with van der Waals surface area (Å²) >= 11 is 0. The van der Waals surface area contributed by atoms with Gasteiger partial charge in [-0.15, -0.1) is 12.4 Å². The van der Waals surface area contributed by atoms with E-state index in [9.17, 15) is 0 Å². The number of rotatable bonds is 2. The monoisotopic (exact) mass is 256 g/mol. The summed E-state index contributed by atoms with van der Waals surface area (Å²) in [7, 11) is 0. The number of ether oxygens (including phenoxy) is 1. The minimum atomic E-state index is -0.231. The second-order valence-corrected chi connectivity index (χ2v) is 4.90. The number of hydrogen-bond donors (Lipinski definition) is 1. The van der Waals surface area contributed by atoms with Crippen molar-refractivity contribution < 1.29 is 4.74 Å². The van der Waals surface area contributed by atoms with Crippen molar-refractivity contribution in [3.8, 4) is 0 Å². The average molecular weight is 257 g/mol.